The van der Waals surface area contributed by atoms with Crippen molar-refractivity contribution in [2.75, 3.05) is 19.5 Å². The van der Waals surface area contributed by atoms with Crippen molar-refractivity contribution in [2.24, 2.45) is 16.1 Å². The summed E-state index contributed by atoms with van der Waals surface area (Å²) in [7, 11) is 3.27. The molecule has 2 aliphatic carbocycles. The maximum atomic E-state index is 6.06. The van der Waals surface area contributed by atoms with Crippen molar-refractivity contribution in [3.63, 3.8) is 0 Å². The van der Waals surface area contributed by atoms with Crippen LogP contribution in [0, 0.1) is 5.41 Å². The first kappa shape index (κ1) is 14.0. The second-order valence-corrected chi connectivity index (χ2v) is 5.99. The van der Waals surface area contributed by atoms with E-state index in [0.717, 1.165) is 17.2 Å². The Labute approximate surface area is 125 Å². The predicted octanol–water partition coefficient (Wildman–Crippen LogP) is 2.76. The highest BCUT2D eigenvalue weighted by molar-refractivity contribution is 5.94. The van der Waals surface area contributed by atoms with Crippen molar-refractivity contribution < 1.29 is 9.47 Å². The van der Waals surface area contributed by atoms with Gasteiger partial charge in [-0.25, -0.2) is 4.99 Å². The first-order valence-electron chi connectivity index (χ1n) is 7.49. The SMILES string of the molecule is COc1ccc(OC)c(NC(N)=NC2CC23CCCC3)c1. The monoisotopic (exact) mass is 289 g/mol. The number of anilines is 1. The largest absolute Gasteiger partial charge is 0.497 e. The molecular weight excluding hydrogens is 266 g/mol. The standard InChI is InChI=1S/C16H23N3O2/c1-20-11-5-6-13(21-2)12(9-11)18-15(17)19-14-10-16(14)7-3-4-8-16/h5-6,9,14H,3-4,7-8,10H2,1-2H3,(H3,17,18,19). The van der Waals surface area contributed by atoms with Crippen LogP contribution in [0.15, 0.2) is 23.2 Å². The van der Waals surface area contributed by atoms with Crippen molar-refractivity contribution in [1.82, 2.24) is 0 Å². The number of aliphatic imine (C=N–C) groups is 1. The maximum Gasteiger partial charge on any atom is 0.193 e. The van der Waals surface area contributed by atoms with E-state index in [1.807, 2.05) is 18.2 Å². The Bertz CT molecular complexity index is 550. The molecule has 3 N–H and O–H groups in total. The summed E-state index contributed by atoms with van der Waals surface area (Å²) in [6, 6.07) is 5.96. The van der Waals surface area contributed by atoms with E-state index in [2.05, 4.69) is 10.3 Å². The summed E-state index contributed by atoms with van der Waals surface area (Å²) in [5.74, 6) is 1.93. The fourth-order valence-electron chi connectivity index (χ4n) is 3.38. The molecule has 0 bridgehead atoms. The molecule has 1 spiro atoms. The highest BCUT2D eigenvalue weighted by Gasteiger charge is 2.55. The molecule has 1 aromatic carbocycles. The van der Waals surface area contributed by atoms with Gasteiger partial charge in [-0.1, -0.05) is 12.8 Å². The van der Waals surface area contributed by atoms with Gasteiger partial charge in [-0.15, -0.1) is 0 Å². The van der Waals surface area contributed by atoms with Crippen LogP contribution in [0.3, 0.4) is 0 Å². The van der Waals surface area contributed by atoms with Gasteiger partial charge in [0.25, 0.3) is 0 Å². The van der Waals surface area contributed by atoms with E-state index in [0.29, 0.717) is 17.4 Å². The Hall–Kier alpha value is -1.91. The quantitative estimate of drug-likeness (QED) is 0.660. The third kappa shape index (κ3) is 2.77. The summed E-state index contributed by atoms with van der Waals surface area (Å²) in [4.78, 5) is 4.64. The van der Waals surface area contributed by atoms with Crippen molar-refractivity contribution >= 4 is 11.6 Å². The third-order valence-corrected chi connectivity index (χ3v) is 4.71. The molecule has 1 unspecified atom stereocenters. The van der Waals surface area contributed by atoms with E-state index in [1.54, 1.807) is 14.2 Å². The van der Waals surface area contributed by atoms with Crippen LogP contribution in [0.4, 0.5) is 5.69 Å². The number of ether oxygens (including phenoxy) is 2. The number of nitrogens with two attached hydrogens (primary N) is 1. The minimum Gasteiger partial charge on any atom is -0.497 e. The van der Waals surface area contributed by atoms with Gasteiger partial charge in [0.15, 0.2) is 5.96 Å². The summed E-state index contributed by atoms with van der Waals surface area (Å²) in [6.07, 6.45) is 6.46. The molecule has 0 heterocycles. The maximum absolute atomic E-state index is 6.06. The van der Waals surface area contributed by atoms with Crippen LogP contribution in [0.1, 0.15) is 32.1 Å². The van der Waals surface area contributed by atoms with Gasteiger partial charge < -0.3 is 20.5 Å². The second kappa shape index (κ2) is 5.47. The van der Waals surface area contributed by atoms with Crippen molar-refractivity contribution in [2.45, 2.75) is 38.1 Å². The highest BCUT2D eigenvalue weighted by Crippen LogP contribution is 2.59. The molecule has 5 heteroatoms. The molecule has 2 aliphatic rings. The van der Waals surface area contributed by atoms with Crippen LogP contribution in [0.5, 0.6) is 11.5 Å². The van der Waals surface area contributed by atoms with E-state index in [9.17, 15) is 0 Å². The number of guanidine groups is 1. The van der Waals surface area contributed by atoms with Gasteiger partial charge in [-0.3, -0.25) is 0 Å². The lowest BCUT2D eigenvalue weighted by Gasteiger charge is -2.12. The van der Waals surface area contributed by atoms with Gasteiger partial charge >= 0.3 is 0 Å². The van der Waals surface area contributed by atoms with Gasteiger partial charge in [0.05, 0.1) is 25.9 Å². The lowest BCUT2D eigenvalue weighted by atomic mass is 10.1. The van der Waals surface area contributed by atoms with Gasteiger partial charge in [0, 0.05) is 6.07 Å². The van der Waals surface area contributed by atoms with E-state index in [4.69, 9.17) is 15.2 Å². The molecule has 2 saturated carbocycles. The van der Waals surface area contributed by atoms with E-state index >= 15 is 0 Å². The topological polar surface area (TPSA) is 68.9 Å². The van der Waals surface area contributed by atoms with E-state index in [-0.39, 0.29) is 0 Å². The summed E-state index contributed by atoms with van der Waals surface area (Å²) < 4.78 is 10.6. The molecule has 21 heavy (non-hydrogen) atoms. The smallest absolute Gasteiger partial charge is 0.193 e. The molecule has 0 aliphatic heterocycles. The Balaban J connectivity index is 1.71. The molecule has 5 nitrogen and oxygen atoms in total. The fraction of sp³-hybridized carbons (Fsp3) is 0.562. The zero-order chi connectivity index (χ0) is 14.9. The average molecular weight is 289 g/mol. The van der Waals surface area contributed by atoms with Gasteiger partial charge in [-0.2, -0.15) is 0 Å². The number of benzene rings is 1. The van der Waals surface area contributed by atoms with Crippen LogP contribution in [-0.4, -0.2) is 26.2 Å². The number of rotatable bonds is 4. The lowest BCUT2D eigenvalue weighted by molar-refractivity contribution is 0.405. The predicted molar refractivity (Wildman–Crippen MR) is 84.1 cm³/mol. The Morgan fingerprint density at radius 1 is 1.29 bits per heavy atom. The zero-order valence-corrected chi connectivity index (χ0v) is 12.7. The van der Waals surface area contributed by atoms with Crippen LogP contribution < -0.4 is 20.5 Å². The van der Waals surface area contributed by atoms with Crippen molar-refractivity contribution in [1.29, 1.82) is 0 Å². The Kier molecular flexibility index (Phi) is 3.66. The normalized spacial score (nSPS) is 23.1. The molecular formula is C16H23N3O2. The van der Waals surface area contributed by atoms with Crippen LogP contribution >= 0.6 is 0 Å². The van der Waals surface area contributed by atoms with Crippen LogP contribution in [0.25, 0.3) is 0 Å². The minimum absolute atomic E-state index is 0.393. The third-order valence-electron chi connectivity index (χ3n) is 4.71. The number of hydrogen-bond acceptors (Lipinski definition) is 3. The molecule has 1 aromatic rings. The highest BCUT2D eigenvalue weighted by atomic mass is 16.5. The summed E-state index contributed by atoms with van der Waals surface area (Å²) in [6.45, 7) is 0. The lowest BCUT2D eigenvalue weighted by Crippen LogP contribution is -2.24. The zero-order valence-electron chi connectivity index (χ0n) is 12.7. The molecule has 1 atom stereocenters. The van der Waals surface area contributed by atoms with Crippen molar-refractivity contribution in [3.05, 3.63) is 18.2 Å². The molecule has 114 valence electrons. The second-order valence-electron chi connectivity index (χ2n) is 5.99. The number of nitrogens with one attached hydrogen (secondary N) is 1. The van der Waals surface area contributed by atoms with Gasteiger partial charge in [0.1, 0.15) is 11.5 Å². The summed E-state index contributed by atoms with van der Waals surface area (Å²) >= 11 is 0. The Morgan fingerprint density at radius 2 is 2.05 bits per heavy atom. The summed E-state index contributed by atoms with van der Waals surface area (Å²) in [5.41, 5.74) is 7.30. The number of methoxy groups -OCH3 is 2. The van der Waals surface area contributed by atoms with Crippen molar-refractivity contribution in [3.8, 4) is 11.5 Å². The first-order valence-corrected chi connectivity index (χ1v) is 7.49. The molecule has 3 rings (SSSR count). The molecule has 0 aromatic heterocycles. The molecule has 0 amide bonds. The molecule has 0 radical (unpaired) electrons. The van der Waals surface area contributed by atoms with E-state index < -0.39 is 0 Å². The molecule has 0 saturated heterocycles. The number of nitrogens with zero attached hydrogens (tertiary/aromatic N) is 1. The van der Waals surface area contributed by atoms with E-state index in [1.165, 1.54) is 32.1 Å². The molecule has 2 fully saturated rings. The van der Waals surface area contributed by atoms with Crippen LogP contribution in [-0.2, 0) is 0 Å². The first-order chi connectivity index (χ1) is 10.2. The van der Waals surface area contributed by atoms with Crippen LogP contribution in [0.2, 0.25) is 0 Å². The number of hydrogen-bond donors (Lipinski definition) is 2. The van der Waals surface area contributed by atoms with Gasteiger partial charge in [0.2, 0.25) is 0 Å². The average Bonchev–Trinajstić information content (AvgIpc) is 2.92. The fourth-order valence-corrected chi connectivity index (χ4v) is 3.38. The summed E-state index contributed by atoms with van der Waals surface area (Å²) in [5, 5.41) is 3.14. The Morgan fingerprint density at radius 3 is 2.71 bits per heavy atom. The minimum atomic E-state index is 0.393. The van der Waals surface area contributed by atoms with Gasteiger partial charge in [-0.05, 0) is 36.8 Å².